The number of rotatable bonds is 5. The van der Waals surface area contributed by atoms with Crippen LogP contribution in [0.4, 0.5) is 0 Å². The van der Waals surface area contributed by atoms with E-state index < -0.39 is 17.4 Å². The number of carbonyl (C=O) groups excluding carboxylic acids is 2. The predicted molar refractivity (Wildman–Crippen MR) is 72.9 cm³/mol. The number of hydrogen-bond donors (Lipinski definition) is 1. The summed E-state index contributed by atoms with van der Waals surface area (Å²) in [6, 6.07) is 6.60. The fourth-order valence-corrected chi connectivity index (χ4v) is 1.35. The standard InChI is InChI=1S/C15H20O5/c1-15(2,3)14(18)20-10-19-13(17)9-6-11-4-7-12(16)8-5-11/h4-5,7-8,16H,6,9-10H2,1-3H3. The van der Waals surface area contributed by atoms with Gasteiger partial charge in [0.25, 0.3) is 0 Å². The van der Waals surface area contributed by atoms with Crippen LogP contribution in [0.1, 0.15) is 32.8 Å². The van der Waals surface area contributed by atoms with Gasteiger partial charge in [-0.05, 0) is 44.9 Å². The second-order valence-electron chi connectivity index (χ2n) is 5.48. The van der Waals surface area contributed by atoms with Crippen molar-refractivity contribution in [1.29, 1.82) is 0 Å². The first-order valence-corrected chi connectivity index (χ1v) is 6.40. The number of carbonyl (C=O) groups is 2. The molecule has 0 heterocycles. The molecule has 0 radical (unpaired) electrons. The van der Waals surface area contributed by atoms with Gasteiger partial charge in [-0.3, -0.25) is 9.59 Å². The Kier molecular flexibility index (Phi) is 5.55. The SMILES string of the molecule is CC(C)(C)C(=O)OCOC(=O)CCc1ccc(O)cc1. The summed E-state index contributed by atoms with van der Waals surface area (Å²) >= 11 is 0. The van der Waals surface area contributed by atoms with Gasteiger partial charge in [0.1, 0.15) is 5.75 Å². The third-order valence-corrected chi connectivity index (χ3v) is 2.58. The van der Waals surface area contributed by atoms with Crippen molar-refractivity contribution in [2.24, 2.45) is 5.41 Å². The summed E-state index contributed by atoms with van der Waals surface area (Å²) in [6.45, 7) is 4.82. The van der Waals surface area contributed by atoms with Crippen molar-refractivity contribution < 1.29 is 24.2 Å². The maximum absolute atomic E-state index is 11.5. The molecule has 0 spiro atoms. The van der Waals surface area contributed by atoms with Crippen molar-refractivity contribution in [3.8, 4) is 5.75 Å². The van der Waals surface area contributed by atoms with Crippen molar-refractivity contribution in [3.05, 3.63) is 29.8 Å². The van der Waals surface area contributed by atoms with E-state index in [2.05, 4.69) is 0 Å². The van der Waals surface area contributed by atoms with Crippen LogP contribution >= 0.6 is 0 Å². The molecule has 0 saturated carbocycles. The average Bonchev–Trinajstić information content (AvgIpc) is 2.37. The summed E-state index contributed by atoms with van der Waals surface area (Å²) in [5, 5.41) is 9.13. The largest absolute Gasteiger partial charge is 0.508 e. The smallest absolute Gasteiger partial charge is 0.314 e. The Labute approximate surface area is 118 Å². The van der Waals surface area contributed by atoms with E-state index in [-0.39, 0.29) is 19.0 Å². The van der Waals surface area contributed by atoms with E-state index in [1.165, 1.54) is 0 Å². The van der Waals surface area contributed by atoms with Gasteiger partial charge in [-0.25, -0.2) is 0 Å². The highest BCUT2D eigenvalue weighted by molar-refractivity contribution is 5.75. The molecule has 1 rings (SSSR count). The van der Waals surface area contributed by atoms with E-state index in [1.807, 2.05) is 0 Å². The number of aromatic hydroxyl groups is 1. The van der Waals surface area contributed by atoms with Gasteiger partial charge < -0.3 is 14.6 Å². The van der Waals surface area contributed by atoms with Crippen LogP contribution in [0.15, 0.2) is 24.3 Å². The molecule has 0 aliphatic heterocycles. The lowest BCUT2D eigenvalue weighted by atomic mass is 9.98. The Balaban J connectivity index is 2.24. The second-order valence-corrected chi connectivity index (χ2v) is 5.48. The summed E-state index contributed by atoms with van der Waals surface area (Å²) in [4.78, 5) is 22.9. The van der Waals surface area contributed by atoms with Crippen LogP contribution < -0.4 is 0 Å². The maximum Gasteiger partial charge on any atom is 0.314 e. The lowest BCUT2D eigenvalue weighted by Gasteiger charge is -2.16. The molecule has 0 unspecified atom stereocenters. The number of aryl methyl sites for hydroxylation is 1. The molecule has 0 atom stereocenters. The quantitative estimate of drug-likeness (QED) is 0.662. The molecule has 110 valence electrons. The lowest BCUT2D eigenvalue weighted by Crippen LogP contribution is -2.24. The average molecular weight is 280 g/mol. The Morgan fingerprint density at radius 1 is 1.10 bits per heavy atom. The topological polar surface area (TPSA) is 72.8 Å². The van der Waals surface area contributed by atoms with E-state index in [9.17, 15) is 9.59 Å². The minimum Gasteiger partial charge on any atom is -0.508 e. The molecule has 0 aliphatic carbocycles. The zero-order chi connectivity index (χ0) is 15.2. The van der Waals surface area contributed by atoms with E-state index in [0.717, 1.165) is 5.56 Å². The van der Waals surface area contributed by atoms with E-state index in [0.29, 0.717) is 6.42 Å². The molecule has 5 nitrogen and oxygen atoms in total. The summed E-state index contributed by atoms with van der Waals surface area (Å²) in [6.07, 6.45) is 0.699. The van der Waals surface area contributed by atoms with Crippen LogP contribution in [-0.2, 0) is 25.5 Å². The summed E-state index contributed by atoms with van der Waals surface area (Å²) in [5.41, 5.74) is 0.310. The first-order valence-electron chi connectivity index (χ1n) is 6.40. The van der Waals surface area contributed by atoms with Crippen molar-refractivity contribution in [2.45, 2.75) is 33.6 Å². The molecule has 20 heavy (non-hydrogen) atoms. The van der Waals surface area contributed by atoms with E-state index >= 15 is 0 Å². The molecule has 1 aromatic carbocycles. The lowest BCUT2D eigenvalue weighted by molar-refractivity contribution is -0.173. The number of esters is 2. The molecular weight excluding hydrogens is 260 g/mol. The van der Waals surface area contributed by atoms with Crippen LogP contribution in [-0.4, -0.2) is 23.8 Å². The van der Waals surface area contributed by atoms with Crippen molar-refractivity contribution in [2.75, 3.05) is 6.79 Å². The molecule has 0 bridgehead atoms. The Morgan fingerprint density at radius 2 is 1.70 bits per heavy atom. The first-order chi connectivity index (χ1) is 9.29. The van der Waals surface area contributed by atoms with Crippen molar-refractivity contribution in [3.63, 3.8) is 0 Å². The number of phenolic OH excluding ortho intramolecular Hbond substituents is 1. The third kappa shape index (κ3) is 5.73. The highest BCUT2D eigenvalue weighted by Gasteiger charge is 2.23. The van der Waals surface area contributed by atoms with E-state index in [1.54, 1.807) is 45.0 Å². The molecule has 0 aromatic heterocycles. The molecule has 1 N–H and O–H groups in total. The summed E-state index contributed by atoms with van der Waals surface area (Å²) < 4.78 is 9.65. The van der Waals surface area contributed by atoms with Gasteiger partial charge in [0.2, 0.25) is 6.79 Å². The minimum atomic E-state index is -0.613. The maximum atomic E-state index is 11.5. The number of ether oxygens (including phenoxy) is 2. The monoisotopic (exact) mass is 280 g/mol. The van der Waals surface area contributed by atoms with Gasteiger partial charge in [0.15, 0.2) is 0 Å². The Morgan fingerprint density at radius 3 is 2.25 bits per heavy atom. The number of phenols is 1. The highest BCUT2D eigenvalue weighted by Crippen LogP contribution is 2.15. The normalized spacial score (nSPS) is 10.9. The number of hydrogen-bond acceptors (Lipinski definition) is 5. The number of benzene rings is 1. The summed E-state index contributed by atoms with van der Waals surface area (Å²) in [7, 11) is 0. The van der Waals surface area contributed by atoms with Gasteiger partial charge in [-0.2, -0.15) is 0 Å². The van der Waals surface area contributed by atoms with Crippen molar-refractivity contribution >= 4 is 11.9 Å². The molecule has 0 aliphatic rings. The third-order valence-electron chi connectivity index (χ3n) is 2.58. The zero-order valence-electron chi connectivity index (χ0n) is 12.0. The van der Waals surface area contributed by atoms with Crippen molar-refractivity contribution in [1.82, 2.24) is 0 Å². The predicted octanol–water partition coefficient (Wildman–Crippen LogP) is 2.41. The Hall–Kier alpha value is -2.04. The van der Waals surface area contributed by atoms with Gasteiger partial charge in [0, 0.05) is 6.42 Å². The molecular formula is C15H20O5. The second kappa shape index (κ2) is 6.93. The Bertz CT molecular complexity index is 456. The van der Waals surface area contributed by atoms with Crippen LogP contribution in [0, 0.1) is 5.41 Å². The van der Waals surface area contributed by atoms with Gasteiger partial charge >= 0.3 is 11.9 Å². The van der Waals surface area contributed by atoms with E-state index in [4.69, 9.17) is 14.6 Å². The van der Waals surface area contributed by atoms with Crippen LogP contribution in [0.5, 0.6) is 5.75 Å². The fourth-order valence-electron chi connectivity index (χ4n) is 1.35. The molecule has 0 saturated heterocycles. The molecule has 1 aromatic rings. The van der Waals surface area contributed by atoms with Gasteiger partial charge in [0.05, 0.1) is 5.41 Å². The highest BCUT2D eigenvalue weighted by atomic mass is 16.7. The molecule has 0 fully saturated rings. The first kappa shape index (κ1) is 16.0. The van der Waals surface area contributed by atoms with Gasteiger partial charge in [-0.1, -0.05) is 12.1 Å². The zero-order valence-corrected chi connectivity index (χ0v) is 12.0. The van der Waals surface area contributed by atoms with Crippen LogP contribution in [0.2, 0.25) is 0 Å². The minimum absolute atomic E-state index is 0.186. The fraction of sp³-hybridized carbons (Fsp3) is 0.467. The molecule has 0 amide bonds. The van der Waals surface area contributed by atoms with Gasteiger partial charge in [-0.15, -0.1) is 0 Å². The molecule has 5 heteroatoms. The summed E-state index contributed by atoms with van der Waals surface area (Å²) in [5.74, 6) is -0.658. The van der Waals surface area contributed by atoms with Crippen LogP contribution in [0.3, 0.4) is 0 Å². The van der Waals surface area contributed by atoms with Crippen LogP contribution in [0.25, 0.3) is 0 Å².